The molecular formula is C24H24Cl2N6OS. The van der Waals surface area contributed by atoms with Crippen molar-refractivity contribution in [1.29, 1.82) is 0 Å². The fraction of sp³-hybridized carbons (Fsp3) is 0.292. The number of rotatable bonds is 4. The molecule has 1 N–H and O–H groups in total. The molecule has 0 unspecified atom stereocenters. The molecule has 7 nitrogen and oxygen atoms in total. The molecular weight excluding hydrogens is 491 g/mol. The highest BCUT2D eigenvalue weighted by molar-refractivity contribution is 7.99. The van der Waals surface area contributed by atoms with Gasteiger partial charge in [0.1, 0.15) is 5.03 Å². The van der Waals surface area contributed by atoms with Crippen molar-refractivity contribution < 1.29 is 4.79 Å². The zero-order chi connectivity index (χ0) is 23.8. The minimum Gasteiger partial charge on any atom is -0.369 e. The van der Waals surface area contributed by atoms with Gasteiger partial charge in [-0.1, -0.05) is 35.0 Å². The van der Waals surface area contributed by atoms with Gasteiger partial charge >= 0.3 is 0 Å². The Morgan fingerprint density at radius 1 is 1.03 bits per heavy atom. The largest absolute Gasteiger partial charge is 0.369 e. The van der Waals surface area contributed by atoms with Crippen LogP contribution in [0.25, 0.3) is 0 Å². The van der Waals surface area contributed by atoms with E-state index in [2.05, 4.69) is 44.3 Å². The Kier molecular flexibility index (Phi) is 6.57. The number of carbonyl (C=O) groups excluding carboxylic acids is 1. The normalized spacial score (nSPS) is 16.5. The molecule has 0 saturated carbocycles. The van der Waals surface area contributed by atoms with Crippen molar-refractivity contribution in [3.05, 3.63) is 63.8 Å². The van der Waals surface area contributed by atoms with E-state index >= 15 is 0 Å². The first-order chi connectivity index (χ1) is 16.4. The predicted octanol–water partition coefficient (Wildman–Crippen LogP) is 5.30. The third kappa shape index (κ3) is 4.68. The molecule has 3 heterocycles. The second kappa shape index (κ2) is 9.62. The molecule has 0 spiro atoms. The average Bonchev–Trinajstić information content (AvgIpc) is 2.81. The Labute approximate surface area is 213 Å². The first-order valence-corrected chi connectivity index (χ1v) is 12.7. The molecule has 1 aromatic heterocycles. The van der Waals surface area contributed by atoms with Gasteiger partial charge in [0, 0.05) is 43.8 Å². The predicted molar refractivity (Wildman–Crippen MR) is 140 cm³/mol. The van der Waals surface area contributed by atoms with E-state index < -0.39 is 0 Å². The van der Waals surface area contributed by atoms with Gasteiger partial charge in [-0.2, -0.15) is 0 Å². The van der Waals surface area contributed by atoms with Crippen LogP contribution in [0, 0.1) is 6.92 Å². The van der Waals surface area contributed by atoms with Crippen molar-refractivity contribution in [2.24, 2.45) is 0 Å². The van der Waals surface area contributed by atoms with Gasteiger partial charge in [-0.3, -0.25) is 9.69 Å². The number of piperazine rings is 1. The minimum absolute atomic E-state index is 0.218. The Bertz CT molecular complexity index is 1210. The third-order valence-corrected chi connectivity index (χ3v) is 7.53. The van der Waals surface area contributed by atoms with Gasteiger partial charge in [0.25, 0.3) is 5.91 Å². The van der Waals surface area contributed by atoms with Gasteiger partial charge in [0.2, 0.25) is 5.95 Å². The quantitative estimate of drug-likeness (QED) is 0.474. The summed E-state index contributed by atoms with van der Waals surface area (Å²) in [5.74, 6) is 0.598. The highest BCUT2D eigenvalue weighted by Gasteiger charge is 2.30. The number of amides is 1. The standard InChI is InChI=1S/C24H24Cl2N6OS/c1-15-11-19(25)21(20(26)12-15)32-14-34-22-18(23(32)33)13-27-24(29-22)28-16-3-5-17(6-4-16)31-9-7-30(2)8-10-31/h3-6,11-13H,7-10,14H2,1-2H3,(H,27,28,29). The number of fused-ring (bicyclic) bond motifs is 1. The van der Waals surface area contributed by atoms with Gasteiger partial charge in [-0.05, 0) is 55.9 Å². The summed E-state index contributed by atoms with van der Waals surface area (Å²) < 4.78 is 0. The zero-order valence-electron chi connectivity index (χ0n) is 18.9. The van der Waals surface area contributed by atoms with E-state index in [1.807, 2.05) is 19.1 Å². The van der Waals surface area contributed by atoms with Crippen LogP contribution < -0.4 is 15.1 Å². The molecule has 2 aromatic carbocycles. The average molecular weight is 515 g/mol. The van der Waals surface area contributed by atoms with E-state index in [9.17, 15) is 4.79 Å². The molecule has 0 atom stereocenters. The van der Waals surface area contributed by atoms with Crippen molar-refractivity contribution in [3.8, 4) is 0 Å². The van der Waals surface area contributed by atoms with E-state index in [0.717, 1.165) is 37.4 Å². The van der Waals surface area contributed by atoms with E-state index in [-0.39, 0.29) is 5.91 Å². The maximum absolute atomic E-state index is 13.2. The summed E-state index contributed by atoms with van der Waals surface area (Å²) in [6, 6.07) is 11.9. The second-order valence-electron chi connectivity index (χ2n) is 8.46. The first kappa shape index (κ1) is 23.2. The van der Waals surface area contributed by atoms with Crippen LogP contribution in [-0.2, 0) is 0 Å². The van der Waals surface area contributed by atoms with E-state index in [1.54, 1.807) is 23.2 Å². The summed E-state index contributed by atoms with van der Waals surface area (Å²) in [6.45, 7) is 6.10. The summed E-state index contributed by atoms with van der Waals surface area (Å²) in [7, 11) is 2.15. The van der Waals surface area contributed by atoms with Crippen LogP contribution in [0.3, 0.4) is 0 Å². The maximum Gasteiger partial charge on any atom is 0.263 e. The molecule has 0 bridgehead atoms. The van der Waals surface area contributed by atoms with Crippen molar-refractivity contribution in [3.63, 3.8) is 0 Å². The number of anilines is 4. The van der Waals surface area contributed by atoms with Crippen LogP contribution in [0.2, 0.25) is 10.0 Å². The summed E-state index contributed by atoms with van der Waals surface area (Å²) in [5, 5.41) is 4.77. The molecule has 1 fully saturated rings. The maximum atomic E-state index is 13.2. The minimum atomic E-state index is -0.218. The molecule has 0 radical (unpaired) electrons. The number of hydrogen-bond acceptors (Lipinski definition) is 7. The van der Waals surface area contributed by atoms with Crippen LogP contribution >= 0.6 is 35.0 Å². The number of aromatic nitrogens is 2. The second-order valence-corrected chi connectivity index (χ2v) is 10.2. The fourth-order valence-corrected chi connectivity index (χ4v) is 5.82. The first-order valence-electron chi connectivity index (χ1n) is 11.0. The van der Waals surface area contributed by atoms with Crippen LogP contribution in [0.15, 0.2) is 47.6 Å². The topological polar surface area (TPSA) is 64.6 Å². The van der Waals surface area contributed by atoms with Crippen LogP contribution in [0.1, 0.15) is 15.9 Å². The summed E-state index contributed by atoms with van der Waals surface area (Å²) >= 11 is 14.3. The highest BCUT2D eigenvalue weighted by Crippen LogP contribution is 2.40. The number of aryl methyl sites for hydroxylation is 1. The number of likely N-dealkylation sites (N-methyl/N-ethyl adjacent to an activating group) is 1. The number of thioether (sulfide) groups is 1. The van der Waals surface area contributed by atoms with Crippen LogP contribution in [0.4, 0.5) is 23.0 Å². The summed E-state index contributed by atoms with van der Waals surface area (Å²) in [6.07, 6.45) is 1.56. The molecule has 0 aliphatic carbocycles. The van der Waals surface area contributed by atoms with E-state index in [1.165, 1.54) is 17.4 Å². The summed E-state index contributed by atoms with van der Waals surface area (Å²) in [4.78, 5) is 28.4. The Morgan fingerprint density at radius 2 is 1.71 bits per heavy atom. The van der Waals surface area contributed by atoms with Gasteiger partial charge < -0.3 is 15.1 Å². The smallest absolute Gasteiger partial charge is 0.263 e. The fourth-order valence-electron chi connectivity index (χ4n) is 4.08. The van der Waals surface area contributed by atoms with Gasteiger partial charge in [0.15, 0.2) is 0 Å². The Hall–Kier alpha value is -2.52. The molecule has 5 rings (SSSR count). The third-order valence-electron chi connectivity index (χ3n) is 5.98. The van der Waals surface area contributed by atoms with Crippen LogP contribution in [0.5, 0.6) is 0 Å². The number of nitrogens with zero attached hydrogens (tertiary/aromatic N) is 5. The molecule has 2 aliphatic rings. The molecule has 10 heteroatoms. The molecule has 176 valence electrons. The molecule has 1 amide bonds. The lowest BCUT2D eigenvalue weighted by atomic mass is 10.2. The van der Waals surface area contributed by atoms with Crippen molar-refractivity contribution in [2.75, 3.05) is 54.2 Å². The lowest BCUT2D eigenvalue weighted by Crippen LogP contribution is -2.44. The highest BCUT2D eigenvalue weighted by atomic mass is 35.5. The lowest BCUT2D eigenvalue weighted by Gasteiger charge is -2.34. The van der Waals surface area contributed by atoms with E-state index in [4.69, 9.17) is 23.2 Å². The zero-order valence-corrected chi connectivity index (χ0v) is 21.2. The Morgan fingerprint density at radius 3 is 2.38 bits per heavy atom. The molecule has 1 saturated heterocycles. The number of halogens is 2. The van der Waals surface area contributed by atoms with Crippen molar-refractivity contribution >= 4 is 63.9 Å². The van der Waals surface area contributed by atoms with Crippen LogP contribution in [-0.4, -0.2) is 59.9 Å². The molecule has 3 aromatic rings. The number of nitrogens with one attached hydrogen (secondary N) is 1. The van der Waals surface area contributed by atoms with E-state index in [0.29, 0.717) is 38.1 Å². The monoisotopic (exact) mass is 514 g/mol. The molecule has 34 heavy (non-hydrogen) atoms. The SMILES string of the molecule is Cc1cc(Cl)c(N2CSc3nc(Nc4ccc(N5CCN(C)CC5)cc4)ncc3C2=O)c(Cl)c1. The molecule has 2 aliphatic heterocycles. The number of hydrogen-bond donors (Lipinski definition) is 1. The summed E-state index contributed by atoms with van der Waals surface area (Å²) in [5.41, 5.74) is 3.98. The van der Waals surface area contributed by atoms with Gasteiger partial charge in [-0.15, -0.1) is 0 Å². The number of benzene rings is 2. The van der Waals surface area contributed by atoms with Gasteiger partial charge in [-0.25, -0.2) is 9.97 Å². The Balaban J connectivity index is 1.31. The van der Waals surface area contributed by atoms with Crippen molar-refractivity contribution in [2.45, 2.75) is 11.9 Å². The lowest BCUT2D eigenvalue weighted by molar-refractivity contribution is 0.0985. The van der Waals surface area contributed by atoms with Gasteiger partial charge in [0.05, 0.1) is 27.2 Å². The number of carbonyl (C=O) groups is 1. The van der Waals surface area contributed by atoms with Crippen molar-refractivity contribution in [1.82, 2.24) is 14.9 Å².